The Morgan fingerprint density at radius 3 is 2.57 bits per heavy atom. The second kappa shape index (κ2) is 7.68. The molecule has 1 aliphatic carbocycles. The molecule has 4 rings (SSSR count). The molecule has 0 N–H and O–H groups in total. The second-order valence-electron chi connectivity index (χ2n) is 7.65. The minimum absolute atomic E-state index is 0.0280. The predicted octanol–water partition coefficient (Wildman–Crippen LogP) is 5.36. The molecule has 1 aromatic carbocycles. The number of allylic oxidation sites excluding steroid dienone is 2. The highest BCUT2D eigenvalue weighted by atomic mass is 19.3. The monoisotopic (exact) mass is 414 g/mol. The first-order valence-electron chi connectivity index (χ1n) is 9.62. The quantitative estimate of drug-likeness (QED) is 0.546. The molecule has 1 aliphatic rings. The van der Waals surface area contributed by atoms with Crippen LogP contribution in [0.15, 0.2) is 53.2 Å². The van der Waals surface area contributed by atoms with Gasteiger partial charge in [0, 0.05) is 23.9 Å². The summed E-state index contributed by atoms with van der Waals surface area (Å²) in [5.41, 5.74) is 2.84. The number of hydrogen-bond acceptors (Lipinski definition) is 4. The fraction of sp³-hybridized carbons (Fsp3) is 0.318. The number of hydrogen-bond donors (Lipinski definition) is 0. The van der Waals surface area contributed by atoms with Crippen LogP contribution in [0.2, 0.25) is 0 Å². The van der Waals surface area contributed by atoms with Crippen molar-refractivity contribution in [3.05, 3.63) is 70.9 Å². The van der Waals surface area contributed by atoms with E-state index < -0.39 is 23.1 Å². The number of aliphatic imine (C=N–C) groups is 1. The Labute approximate surface area is 171 Å². The summed E-state index contributed by atoms with van der Waals surface area (Å²) in [6.45, 7) is 6.13. The summed E-state index contributed by atoms with van der Waals surface area (Å²) in [4.78, 5) is 8.56. The van der Waals surface area contributed by atoms with Crippen LogP contribution in [0, 0.1) is 5.82 Å². The van der Waals surface area contributed by atoms with E-state index in [1.807, 2.05) is 26.8 Å². The second-order valence-corrected chi connectivity index (χ2v) is 7.65. The van der Waals surface area contributed by atoms with Gasteiger partial charge in [-0.2, -0.15) is 8.78 Å². The van der Waals surface area contributed by atoms with Crippen LogP contribution in [0.25, 0.3) is 5.52 Å². The largest absolute Gasteiger partial charge is 0.374 e. The predicted molar refractivity (Wildman–Crippen MR) is 108 cm³/mol. The standard InChI is InChI=1S/C22H21F3N4O/c1-13(2)30-12-15-10-19-20(26-18-8-14(3)9-18)27-21(28-29(19)11-15)22(24,25)16-4-6-17(23)7-5-16/h4-8,10-11,13H,9,12H2,1-3H3. The van der Waals surface area contributed by atoms with E-state index in [2.05, 4.69) is 15.1 Å². The molecule has 0 spiro atoms. The summed E-state index contributed by atoms with van der Waals surface area (Å²) >= 11 is 0. The zero-order valence-electron chi connectivity index (χ0n) is 16.9. The van der Waals surface area contributed by atoms with E-state index in [9.17, 15) is 4.39 Å². The normalized spacial score (nSPS) is 15.7. The Hall–Kier alpha value is -3.00. The van der Waals surface area contributed by atoms with Crippen molar-refractivity contribution in [1.29, 1.82) is 0 Å². The molecule has 0 radical (unpaired) electrons. The van der Waals surface area contributed by atoms with Crippen LogP contribution in [0.4, 0.5) is 19.0 Å². The van der Waals surface area contributed by atoms with Gasteiger partial charge in [-0.05, 0) is 62.7 Å². The van der Waals surface area contributed by atoms with E-state index >= 15 is 8.78 Å². The highest BCUT2D eigenvalue weighted by Crippen LogP contribution is 2.35. The van der Waals surface area contributed by atoms with E-state index in [1.165, 1.54) is 4.52 Å². The van der Waals surface area contributed by atoms with Crippen molar-refractivity contribution in [1.82, 2.24) is 14.6 Å². The minimum atomic E-state index is -3.51. The summed E-state index contributed by atoms with van der Waals surface area (Å²) < 4.78 is 50.4. The molecule has 0 saturated heterocycles. The SMILES string of the molecule is CC1=CC(=Nc2nc(C(F)(F)c3ccc(F)cc3)nn3cc(COC(C)C)cc23)C1. The Bertz CT molecular complexity index is 1150. The first kappa shape index (κ1) is 20.3. The van der Waals surface area contributed by atoms with Gasteiger partial charge in [0.15, 0.2) is 5.82 Å². The molecule has 3 aromatic rings. The fourth-order valence-corrected chi connectivity index (χ4v) is 3.13. The van der Waals surface area contributed by atoms with E-state index in [0.29, 0.717) is 18.5 Å². The van der Waals surface area contributed by atoms with Crippen molar-refractivity contribution in [2.75, 3.05) is 0 Å². The molecule has 2 heterocycles. The molecule has 0 amide bonds. The lowest BCUT2D eigenvalue weighted by Gasteiger charge is -2.17. The summed E-state index contributed by atoms with van der Waals surface area (Å²) in [5.74, 6) is -4.64. The lowest BCUT2D eigenvalue weighted by molar-refractivity contribution is 0.0315. The Morgan fingerprint density at radius 2 is 1.93 bits per heavy atom. The first-order chi connectivity index (χ1) is 14.2. The minimum Gasteiger partial charge on any atom is -0.374 e. The van der Waals surface area contributed by atoms with Gasteiger partial charge in [0.1, 0.15) is 11.3 Å². The van der Waals surface area contributed by atoms with Gasteiger partial charge in [-0.15, -0.1) is 5.10 Å². The van der Waals surface area contributed by atoms with Crippen LogP contribution >= 0.6 is 0 Å². The van der Waals surface area contributed by atoms with E-state index in [0.717, 1.165) is 41.1 Å². The summed E-state index contributed by atoms with van der Waals surface area (Å²) in [6, 6.07) is 5.83. The Morgan fingerprint density at radius 1 is 1.23 bits per heavy atom. The van der Waals surface area contributed by atoms with Gasteiger partial charge in [-0.1, -0.05) is 5.57 Å². The van der Waals surface area contributed by atoms with Crippen molar-refractivity contribution < 1.29 is 17.9 Å². The van der Waals surface area contributed by atoms with Crippen LogP contribution in [0.5, 0.6) is 0 Å². The van der Waals surface area contributed by atoms with Gasteiger partial charge < -0.3 is 4.74 Å². The lowest BCUT2D eigenvalue weighted by Crippen LogP contribution is -2.21. The molecule has 8 heteroatoms. The summed E-state index contributed by atoms with van der Waals surface area (Å²) in [5, 5.41) is 4.04. The number of nitrogens with zero attached hydrogens (tertiary/aromatic N) is 4. The molecule has 0 aliphatic heterocycles. The van der Waals surface area contributed by atoms with E-state index in [1.54, 1.807) is 12.3 Å². The van der Waals surface area contributed by atoms with E-state index in [-0.39, 0.29) is 11.9 Å². The summed E-state index contributed by atoms with van der Waals surface area (Å²) in [6.07, 6.45) is 4.24. The molecular weight excluding hydrogens is 393 g/mol. The maximum atomic E-state index is 15.1. The number of halogens is 3. The zero-order valence-corrected chi connectivity index (χ0v) is 16.9. The molecule has 5 nitrogen and oxygen atoms in total. The van der Waals surface area contributed by atoms with Gasteiger partial charge in [0.05, 0.1) is 12.7 Å². The maximum Gasteiger partial charge on any atom is 0.333 e. The van der Waals surface area contributed by atoms with Crippen molar-refractivity contribution in [2.45, 2.75) is 45.8 Å². The smallest absolute Gasteiger partial charge is 0.333 e. The van der Waals surface area contributed by atoms with Crippen molar-refractivity contribution in [3.8, 4) is 0 Å². The Balaban J connectivity index is 1.81. The van der Waals surface area contributed by atoms with Gasteiger partial charge in [0.25, 0.3) is 0 Å². The number of alkyl halides is 2. The topological polar surface area (TPSA) is 51.8 Å². The highest BCUT2D eigenvalue weighted by molar-refractivity contribution is 6.05. The number of ether oxygens (including phenoxy) is 1. The average molecular weight is 414 g/mol. The van der Waals surface area contributed by atoms with E-state index in [4.69, 9.17) is 4.74 Å². The van der Waals surface area contributed by atoms with Gasteiger partial charge in [-0.3, -0.25) is 0 Å². The molecular formula is C22H21F3N4O. The van der Waals surface area contributed by atoms with Gasteiger partial charge in [-0.25, -0.2) is 18.9 Å². The van der Waals surface area contributed by atoms with Crippen molar-refractivity contribution >= 4 is 17.0 Å². The van der Waals surface area contributed by atoms with Crippen LogP contribution < -0.4 is 0 Å². The molecule has 0 unspecified atom stereocenters. The van der Waals surface area contributed by atoms with Crippen molar-refractivity contribution in [2.24, 2.45) is 4.99 Å². The van der Waals surface area contributed by atoms with Crippen LogP contribution in [-0.4, -0.2) is 26.4 Å². The molecule has 156 valence electrons. The van der Waals surface area contributed by atoms with Crippen LogP contribution in [-0.2, 0) is 17.3 Å². The number of aromatic nitrogens is 3. The average Bonchev–Trinajstić information content (AvgIpc) is 3.09. The summed E-state index contributed by atoms with van der Waals surface area (Å²) in [7, 11) is 0. The van der Waals surface area contributed by atoms with Gasteiger partial charge in [0.2, 0.25) is 5.82 Å². The number of fused-ring (bicyclic) bond motifs is 1. The third-order valence-corrected chi connectivity index (χ3v) is 4.69. The number of benzene rings is 1. The molecule has 30 heavy (non-hydrogen) atoms. The molecule has 0 bridgehead atoms. The fourth-order valence-electron chi connectivity index (χ4n) is 3.13. The molecule has 2 aromatic heterocycles. The van der Waals surface area contributed by atoms with Gasteiger partial charge >= 0.3 is 5.92 Å². The van der Waals surface area contributed by atoms with Crippen LogP contribution in [0.3, 0.4) is 0 Å². The Kier molecular flexibility index (Phi) is 5.19. The molecule has 0 atom stereocenters. The highest BCUT2D eigenvalue weighted by Gasteiger charge is 2.39. The lowest BCUT2D eigenvalue weighted by atomic mass is 9.98. The molecule has 0 fully saturated rings. The number of rotatable bonds is 6. The third-order valence-electron chi connectivity index (χ3n) is 4.69. The first-order valence-corrected chi connectivity index (χ1v) is 9.62. The molecule has 0 saturated carbocycles. The third kappa shape index (κ3) is 4.00. The van der Waals surface area contributed by atoms with Crippen molar-refractivity contribution in [3.63, 3.8) is 0 Å². The maximum absolute atomic E-state index is 15.1. The van der Waals surface area contributed by atoms with Crippen LogP contribution in [0.1, 0.15) is 44.1 Å². The zero-order chi connectivity index (χ0) is 21.5.